The Kier molecular flexibility index (Phi) is 5.04. The van der Waals surface area contributed by atoms with Gasteiger partial charge in [-0.25, -0.2) is 4.39 Å². The lowest BCUT2D eigenvalue weighted by molar-refractivity contribution is 0.521. The Bertz CT molecular complexity index is 499. The van der Waals surface area contributed by atoms with Crippen LogP contribution in [0.1, 0.15) is 30.5 Å². The molecule has 100 valence electrons. The standard InChI is InChI=1S/C16H19FN2/c1-2-8-19-16(9-13-6-4-3-5-7-13)14-10-15(17)12-18-11-14/h3-7,10-12,16,19H,2,8-9H2,1H3. The van der Waals surface area contributed by atoms with E-state index in [-0.39, 0.29) is 11.9 Å². The van der Waals surface area contributed by atoms with Crippen LogP contribution in [0.5, 0.6) is 0 Å². The molecule has 2 aromatic rings. The summed E-state index contributed by atoms with van der Waals surface area (Å²) < 4.78 is 13.3. The van der Waals surface area contributed by atoms with Crippen molar-refractivity contribution in [2.75, 3.05) is 6.54 Å². The van der Waals surface area contributed by atoms with E-state index in [1.165, 1.54) is 11.8 Å². The minimum Gasteiger partial charge on any atom is -0.310 e. The van der Waals surface area contributed by atoms with Crippen LogP contribution < -0.4 is 5.32 Å². The van der Waals surface area contributed by atoms with Gasteiger partial charge in [0.1, 0.15) is 5.82 Å². The normalized spacial score (nSPS) is 12.3. The molecule has 1 atom stereocenters. The third-order valence-corrected chi connectivity index (χ3v) is 3.05. The van der Waals surface area contributed by atoms with Gasteiger partial charge in [-0.3, -0.25) is 4.98 Å². The van der Waals surface area contributed by atoms with E-state index in [1.807, 2.05) is 18.2 Å². The highest BCUT2D eigenvalue weighted by Crippen LogP contribution is 2.18. The molecule has 0 amide bonds. The third kappa shape index (κ3) is 4.14. The van der Waals surface area contributed by atoms with Crippen LogP contribution in [-0.2, 0) is 6.42 Å². The van der Waals surface area contributed by atoms with E-state index >= 15 is 0 Å². The predicted octanol–water partition coefficient (Wildman–Crippen LogP) is 3.50. The summed E-state index contributed by atoms with van der Waals surface area (Å²) in [6, 6.07) is 11.9. The molecule has 1 N–H and O–H groups in total. The van der Waals surface area contributed by atoms with Gasteiger partial charge in [-0.1, -0.05) is 37.3 Å². The second kappa shape index (κ2) is 7.00. The highest BCUT2D eigenvalue weighted by Gasteiger charge is 2.12. The van der Waals surface area contributed by atoms with Gasteiger partial charge in [0.05, 0.1) is 6.20 Å². The van der Waals surface area contributed by atoms with E-state index in [9.17, 15) is 4.39 Å². The molecule has 1 unspecified atom stereocenters. The molecule has 0 saturated heterocycles. The van der Waals surface area contributed by atoms with Gasteiger partial charge in [0, 0.05) is 12.2 Å². The molecule has 0 spiro atoms. The Hall–Kier alpha value is -1.74. The van der Waals surface area contributed by atoms with Gasteiger partial charge in [0.2, 0.25) is 0 Å². The highest BCUT2D eigenvalue weighted by molar-refractivity contribution is 5.21. The van der Waals surface area contributed by atoms with Crippen molar-refractivity contribution in [3.63, 3.8) is 0 Å². The summed E-state index contributed by atoms with van der Waals surface area (Å²) in [6.07, 6.45) is 4.86. The van der Waals surface area contributed by atoms with Gasteiger partial charge in [-0.15, -0.1) is 0 Å². The van der Waals surface area contributed by atoms with Crippen LogP contribution in [0, 0.1) is 5.82 Å². The molecule has 0 aliphatic heterocycles. The summed E-state index contributed by atoms with van der Waals surface area (Å²) in [5.74, 6) is -0.283. The van der Waals surface area contributed by atoms with E-state index in [1.54, 1.807) is 12.3 Å². The van der Waals surface area contributed by atoms with Crippen molar-refractivity contribution in [3.05, 3.63) is 65.7 Å². The van der Waals surface area contributed by atoms with Gasteiger partial charge < -0.3 is 5.32 Å². The Morgan fingerprint density at radius 2 is 2.00 bits per heavy atom. The fourth-order valence-corrected chi connectivity index (χ4v) is 2.10. The first-order valence-electron chi connectivity index (χ1n) is 6.67. The highest BCUT2D eigenvalue weighted by atomic mass is 19.1. The van der Waals surface area contributed by atoms with E-state index in [4.69, 9.17) is 0 Å². The summed E-state index contributed by atoms with van der Waals surface area (Å²) in [6.45, 7) is 3.03. The van der Waals surface area contributed by atoms with Crippen molar-refractivity contribution >= 4 is 0 Å². The summed E-state index contributed by atoms with van der Waals surface area (Å²) in [5, 5.41) is 3.45. The lowest BCUT2D eigenvalue weighted by Crippen LogP contribution is -2.24. The Labute approximate surface area is 113 Å². The number of nitrogens with zero attached hydrogens (tertiary/aromatic N) is 1. The van der Waals surface area contributed by atoms with Gasteiger partial charge in [-0.05, 0) is 36.6 Å². The molecule has 1 aromatic carbocycles. The zero-order valence-electron chi connectivity index (χ0n) is 11.1. The van der Waals surface area contributed by atoms with Crippen LogP contribution in [0.25, 0.3) is 0 Å². The Morgan fingerprint density at radius 1 is 1.21 bits per heavy atom. The van der Waals surface area contributed by atoms with E-state index in [0.29, 0.717) is 0 Å². The largest absolute Gasteiger partial charge is 0.310 e. The fraction of sp³-hybridized carbons (Fsp3) is 0.312. The minimum absolute atomic E-state index is 0.102. The van der Waals surface area contributed by atoms with Crippen molar-refractivity contribution < 1.29 is 4.39 Å². The van der Waals surface area contributed by atoms with Gasteiger partial charge >= 0.3 is 0 Å². The number of rotatable bonds is 6. The number of halogens is 1. The molecule has 0 aliphatic carbocycles. The van der Waals surface area contributed by atoms with E-state index in [0.717, 1.165) is 24.9 Å². The Morgan fingerprint density at radius 3 is 2.68 bits per heavy atom. The van der Waals surface area contributed by atoms with Crippen molar-refractivity contribution in [2.24, 2.45) is 0 Å². The molecule has 0 fully saturated rings. The topological polar surface area (TPSA) is 24.9 Å². The molecule has 0 saturated carbocycles. The first-order valence-corrected chi connectivity index (χ1v) is 6.67. The zero-order valence-corrected chi connectivity index (χ0v) is 11.1. The number of aromatic nitrogens is 1. The zero-order chi connectivity index (χ0) is 13.5. The number of hydrogen-bond acceptors (Lipinski definition) is 2. The predicted molar refractivity (Wildman–Crippen MR) is 75.4 cm³/mol. The number of benzene rings is 1. The molecule has 2 nitrogen and oxygen atoms in total. The molecule has 1 aromatic heterocycles. The monoisotopic (exact) mass is 258 g/mol. The van der Waals surface area contributed by atoms with Gasteiger partial charge in [0.15, 0.2) is 0 Å². The lowest BCUT2D eigenvalue weighted by Gasteiger charge is -2.19. The average Bonchev–Trinajstić information content (AvgIpc) is 2.44. The maximum atomic E-state index is 13.3. The SMILES string of the molecule is CCCNC(Cc1ccccc1)c1cncc(F)c1. The number of nitrogens with one attached hydrogen (secondary N) is 1. The van der Waals surface area contributed by atoms with Crippen molar-refractivity contribution in [3.8, 4) is 0 Å². The van der Waals surface area contributed by atoms with E-state index < -0.39 is 0 Å². The number of pyridine rings is 1. The smallest absolute Gasteiger partial charge is 0.141 e. The summed E-state index contributed by atoms with van der Waals surface area (Å²) in [7, 11) is 0. The molecular weight excluding hydrogens is 239 g/mol. The average molecular weight is 258 g/mol. The quantitative estimate of drug-likeness (QED) is 0.857. The first kappa shape index (κ1) is 13.7. The second-order valence-electron chi connectivity index (χ2n) is 4.63. The van der Waals surface area contributed by atoms with Gasteiger partial charge in [0.25, 0.3) is 0 Å². The fourth-order valence-electron chi connectivity index (χ4n) is 2.10. The van der Waals surface area contributed by atoms with Gasteiger partial charge in [-0.2, -0.15) is 0 Å². The molecule has 3 heteroatoms. The number of hydrogen-bond donors (Lipinski definition) is 1. The van der Waals surface area contributed by atoms with E-state index in [2.05, 4.69) is 29.4 Å². The first-order chi connectivity index (χ1) is 9.29. The molecule has 1 heterocycles. The lowest BCUT2D eigenvalue weighted by atomic mass is 10.00. The molecule has 0 radical (unpaired) electrons. The van der Waals surface area contributed by atoms with Crippen molar-refractivity contribution in [1.29, 1.82) is 0 Å². The van der Waals surface area contributed by atoms with Crippen molar-refractivity contribution in [1.82, 2.24) is 10.3 Å². The molecule has 2 rings (SSSR count). The molecule has 19 heavy (non-hydrogen) atoms. The van der Waals surface area contributed by atoms with Crippen LogP contribution in [0.4, 0.5) is 4.39 Å². The van der Waals surface area contributed by atoms with Crippen molar-refractivity contribution in [2.45, 2.75) is 25.8 Å². The third-order valence-electron chi connectivity index (χ3n) is 3.05. The van der Waals surface area contributed by atoms with Crippen LogP contribution in [0.15, 0.2) is 48.8 Å². The maximum absolute atomic E-state index is 13.3. The second-order valence-corrected chi connectivity index (χ2v) is 4.63. The van der Waals surface area contributed by atoms with Crippen LogP contribution >= 0.6 is 0 Å². The summed E-state index contributed by atoms with van der Waals surface area (Å²) in [5.41, 5.74) is 2.14. The minimum atomic E-state index is -0.283. The van der Waals surface area contributed by atoms with Crippen LogP contribution in [0.2, 0.25) is 0 Å². The molecule has 0 bridgehead atoms. The summed E-state index contributed by atoms with van der Waals surface area (Å²) >= 11 is 0. The van der Waals surface area contributed by atoms with Crippen LogP contribution in [0.3, 0.4) is 0 Å². The Balaban J connectivity index is 2.16. The maximum Gasteiger partial charge on any atom is 0.141 e. The molecule has 0 aliphatic rings. The summed E-state index contributed by atoms with van der Waals surface area (Å²) in [4.78, 5) is 3.94. The van der Waals surface area contributed by atoms with Crippen LogP contribution in [-0.4, -0.2) is 11.5 Å². The molecular formula is C16H19FN2.